The standard InChI is InChI=1S/C21H20O12/c1-30-12-3-7(2-10(25)15(12)26)19-20(33-21-18(29)16(27)13(6-22)32-21)17(28)14-9(24)4-8(23)5-11(14)31-19/h2-5,13,16,18,21-27,29H,6H2,1H3. The van der Waals surface area contributed by atoms with Gasteiger partial charge in [0.25, 0.3) is 0 Å². The van der Waals surface area contributed by atoms with Gasteiger partial charge in [0.1, 0.15) is 40.8 Å². The Balaban J connectivity index is 1.96. The molecule has 7 N–H and O–H groups in total. The van der Waals surface area contributed by atoms with Crippen molar-refractivity contribution in [3.63, 3.8) is 0 Å². The van der Waals surface area contributed by atoms with Gasteiger partial charge >= 0.3 is 0 Å². The molecule has 176 valence electrons. The smallest absolute Gasteiger partial charge is 0.239 e. The third kappa shape index (κ3) is 3.74. The van der Waals surface area contributed by atoms with Gasteiger partial charge in [-0.3, -0.25) is 4.79 Å². The first-order chi connectivity index (χ1) is 15.7. The summed E-state index contributed by atoms with van der Waals surface area (Å²) in [5.74, 6) is -3.34. The predicted octanol–water partition coefficient (Wildman–Crippen LogP) is 0.109. The van der Waals surface area contributed by atoms with E-state index in [0.717, 1.165) is 18.2 Å². The van der Waals surface area contributed by atoms with Gasteiger partial charge in [0.2, 0.25) is 23.2 Å². The Morgan fingerprint density at radius 2 is 1.73 bits per heavy atom. The van der Waals surface area contributed by atoms with Crippen LogP contribution in [0.5, 0.6) is 34.5 Å². The monoisotopic (exact) mass is 464 g/mol. The van der Waals surface area contributed by atoms with E-state index in [9.17, 15) is 40.5 Å². The Labute approximate surface area is 184 Å². The van der Waals surface area contributed by atoms with Crippen molar-refractivity contribution in [1.29, 1.82) is 0 Å². The number of aliphatic hydroxyl groups is 3. The van der Waals surface area contributed by atoms with Crippen LogP contribution in [0.15, 0.2) is 33.5 Å². The summed E-state index contributed by atoms with van der Waals surface area (Å²) in [5, 5.41) is 69.1. The summed E-state index contributed by atoms with van der Waals surface area (Å²) in [4.78, 5) is 13.3. The number of fused-ring (bicyclic) bond motifs is 1. The normalized spacial score (nSPS) is 22.5. The van der Waals surface area contributed by atoms with E-state index in [-0.39, 0.29) is 28.0 Å². The summed E-state index contributed by atoms with van der Waals surface area (Å²) < 4.78 is 21.5. The van der Waals surface area contributed by atoms with Crippen molar-refractivity contribution in [3.05, 3.63) is 34.5 Å². The fourth-order valence-corrected chi connectivity index (χ4v) is 3.52. The fraction of sp³-hybridized carbons (Fsp3) is 0.286. The molecule has 12 heteroatoms. The molecule has 3 aromatic rings. The average molecular weight is 464 g/mol. The number of rotatable bonds is 5. The van der Waals surface area contributed by atoms with Crippen LogP contribution in [0.4, 0.5) is 0 Å². The van der Waals surface area contributed by atoms with E-state index in [4.69, 9.17) is 18.6 Å². The molecule has 1 aliphatic rings. The van der Waals surface area contributed by atoms with E-state index >= 15 is 0 Å². The van der Waals surface area contributed by atoms with E-state index in [1.807, 2.05) is 0 Å². The molecule has 4 rings (SSSR count). The molecule has 1 aromatic heterocycles. The number of ether oxygens (including phenoxy) is 3. The minimum Gasteiger partial charge on any atom is -0.508 e. The molecule has 2 heterocycles. The van der Waals surface area contributed by atoms with E-state index in [1.54, 1.807) is 0 Å². The van der Waals surface area contributed by atoms with Crippen LogP contribution in [0, 0.1) is 0 Å². The number of phenols is 4. The zero-order valence-corrected chi connectivity index (χ0v) is 17.0. The quantitative estimate of drug-likeness (QED) is 0.252. The molecular formula is C21H20O12. The van der Waals surface area contributed by atoms with Crippen molar-refractivity contribution in [2.24, 2.45) is 0 Å². The number of aliphatic hydroxyl groups excluding tert-OH is 3. The fourth-order valence-electron chi connectivity index (χ4n) is 3.52. The first-order valence-electron chi connectivity index (χ1n) is 9.58. The van der Waals surface area contributed by atoms with Gasteiger partial charge in [-0.1, -0.05) is 0 Å². The molecule has 12 nitrogen and oxygen atoms in total. The SMILES string of the molecule is COc1cc(-c2oc3cc(O)cc(O)c3c(=O)c2OC2OC(CO)C(O)C2O)cc(O)c1O. The highest BCUT2D eigenvalue weighted by atomic mass is 16.7. The van der Waals surface area contributed by atoms with Crippen LogP contribution >= 0.6 is 0 Å². The molecule has 0 spiro atoms. The molecule has 33 heavy (non-hydrogen) atoms. The first kappa shape index (κ1) is 22.5. The van der Waals surface area contributed by atoms with Crippen molar-refractivity contribution in [2.45, 2.75) is 24.6 Å². The number of methoxy groups -OCH3 is 1. The zero-order valence-electron chi connectivity index (χ0n) is 17.0. The molecule has 1 fully saturated rings. The Morgan fingerprint density at radius 1 is 1.00 bits per heavy atom. The summed E-state index contributed by atoms with van der Waals surface area (Å²) in [5.41, 5.74) is -1.20. The molecule has 4 unspecified atom stereocenters. The van der Waals surface area contributed by atoms with Crippen LogP contribution in [-0.2, 0) is 4.74 Å². The van der Waals surface area contributed by atoms with Gasteiger partial charge < -0.3 is 54.4 Å². The molecule has 4 atom stereocenters. The van der Waals surface area contributed by atoms with Crippen LogP contribution in [0.2, 0.25) is 0 Å². The third-order valence-corrected chi connectivity index (χ3v) is 5.19. The van der Waals surface area contributed by atoms with Crippen LogP contribution in [0.25, 0.3) is 22.3 Å². The number of benzene rings is 2. The van der Waals surface area contributed by atoms with E-state index in [2.05, 4.69) is 0 Å². The summed E-state index contributed by atoms with van der Waals surface area (Å²) >= 11 is 0. The minimum atomic E-state index is -1.65. The minimum absolute atomic E-state index is 0.0225. The van der Waals surface area contributed by atoms with Crippen LogP contribution < -0.4 is 14.9 Å². The van der Waals surface area contributed by atoms with Gasteiger partial charge in [0.05, 0.1) is 13.7 Å². The number of hydrogen-bond acceptors (Lipinski definition) is 12. The second-order valence-electron chi connectivity index (χ2n) is 7.30. The molecule has 2 aromatic carbocycles. The van der Waals surface area contributed by atoms with Gasteiger partial charge in [-0.15, -0.1) is 0 Å². The topological polar surface area (TPSA) is 200 Å². The van der Waals surface area contributed by atoms with Crippen molar-refractivity contribution in [2.75, 3.05) is 13.7 Å². The van der Waals surface area contributed by atoms with E-state index in [0.29, 0.717) is 0 Å². The largest absolute Gasteiger partial charge is 0.508 e. The maximum Gasteiger partial charge on any atom is 0.239 e. The maximum atomic E-state index is 13.3. The van der Waals surface area contributed by atoms with Crippen LogP contribution in [-0.4, -0.2) is 74.1 Å². The van der Waals surface area contributed by atoms with Gasteiger partial charge in [-0.2, -0.15) is 0 Å². The second kappa shape index (κ2) is 8.33. The Hall–Kier alpha value is -3.71. The highest BCUT2D eigenvalue weighted by Gasteiger charge is 2.44. The third-order valence-electron chi connectivity index (χ3n) is 5.19. The maximum absolute atomic E-state index is 13.3. The molecule has 0 bridgehead atoms. The molecule has 1 saturated heterocycles. The van der Waals surface area contributed by atoms with Crippen molar-refractivity contribution >= 4 is 11.0 Å². The molecule has 0 radical (unpaired) electrons. The van der Waals surface area contributed by atoms with Gasteiger partial charge in [-0.05, 0) is 12.1 Å². The van der Waals surface area contributed by atoms with Crippen molar-refractivity contribution < 1.29 is 54.4 Å². The van der Waals surface area contributed by atoms with Gasteiger partial charge in [0, 0.05) is 17.7 Å². The number of phenolic OH excluding ortho intramolecular Hbond substituents is 4. The van der Waals surface area contributed by atoms with Crippen LogP contribution in [0.3, 0.4) is 0 Å². The first-order valence-corrected chi connectivity index (χ1v) is 9.58. The number of hydrogen-bond donors (Lipinski definition) is 7. The van der Waals surface area contributed by atoms with E-state index < -0.39 is 65.4 Å². The van der Waals surface area contributed by atoms with Gasteiger partial charge in [0.15, 0.2) is 17.3 Å². The summed E-state index contributed by atoms with van der Waals surface area (Å²) in [7, 11) is 1.22. The Morgan fingerprint density at radius 3 is 2.36 bits per heavy atom. The van der Waals surface area contributed by atoms with Crippen molar-refractivity contribution in [1.82, 2.24) is 0 Å². The van der Waals surface area contributed by atoms with Crippen LogP contribution in [0.1, 0.15) is 0 Å². The van der Waals surface area contributed by atoms with E-state index in [1.165, 1.54) is 13.2 Å². The second-order valence-corrected chi connectivity index (χ2v) is 7.30. The lowest BCUT2D eigenvalue weighted by Crippen LogP contribution is -2.36. The predicted molar refractivity (Wildman–Crippen MR) is 110 cm³/mol. The highest BCUT2D eigenvalue weighted by Crippen LogP contribution is 2.43. The van der Waals surface area contributed by atoms with Crippen molar-refractivity contribution in [3.8, 4) is 45.8 Å². The zero-order chi connectivity index (χ0) is 24.0. The lowest BCUT2D eigenvalue weighted by atomic mass is 10.1. The Kier molecular flexibility index (Phi) is 5.68. The highest BCUT2D eigenvalue weighted by molar-refractivity contribution is 5.88. The molecule has 0 amide bonds. The Bertz CT molecular complexity index is 1270. The average Bonchev–Trinajstić information content (AvgIpc) is 3.04. The van der Waals surface area contributed by atoms with Gasteiger partial charge in [-0.25, -0.2) is 0 Å². The summed E-state index contributed by atoms with van der Waals surface area (Å²) in [6.07, 6.45) is -5.97. The number of aromatic hydroxyl groups is 4. The summed E-state index contributed by atoms with van der Waals surface area (Å²) in [6, 6.07) is 4.22. The molecule has 0 saturated carbocycles. The molecular weight excluding hydrogens is 444 g/mol. The lowest BCUT2D eigenvalue weighted by Gasteiger charge is -2.19. The molecule has 0 aliphatic carbocycles. The lowest BCUT2D eigenvalue weighted by molar-refractivity contribution is -0.117. The summed E-state index contributed by atoms with van der Waals surface area (Å²) in [6.45, 7) is -0.639. The molecule has 1 aliphatic heterocycles.